The minimum absolute atomic E-state index is 0.0356. The number of carbonyl (C=O) groups is 1. The van der Waals surface area contributed by atoms with Gasteiger partial charge in [0.1, 0.15) is 17.3 Å². The number of anilines is 1. The first-order chi connectivity index (χ1) is 10.5. The van der Waals surface area contributed by atoms with Crippen LogP contribution in [0.3, 0.4) is 0 Å². The van der Waals surface area contributed by atoms with E-state index in [1.54, 1.807) is 0 Å². The molecule has 3 rings (SSSR count). The average molecular weight is 300 g/mol. The highest BCUT2D eigenvalue weighted by molar-refractivity contribution is 6.04. The van der Waals surface area contributed by atoms with Crippen molar-refractivity contribution in [1.82, 2.24) is 4.98 Å². The van der Waals surface area contributed by atoms with Crippen molar-refractivity contribution in [2.24, 2.45) is 0 Å². The molecule has 0 aliphatic rings. The molecule has 0 bridgehead atoms. The topological polar surface area (TPSA) is 62.0 Å². The molecule has 2 N–H and O–H groups in total. The van der Waals surface area contributed by atoms with Gasteiger partial charge in [0, 0.05) is 11.1 Å². The average Bonchev–Trinajstić information content (AvgIpc) is 2.50. The van der Waals surface area contributed by atoms with E-state index in [-0.39, 0.29) is 11.1 Å². The van der Waals surface area contributed by atoms with Crippen LogP contribution in [0.4, 0.5) is 14.5 Å². The highest BCUT2D eigenvalue weighted by Gasteiger charge is 2.10. The molecule has 0 saturated heterocycles. The van der Waals surface area contributed by atoms with Crippen molar-refractivity contribution < 1.29 is 13.6 Å². The van der Waals surface area contributed by atoms with E-state index in [1.165, 1.54) is 42.5 Å². The highest BCUT2D eigenvalue weighted by Crippen LogP contribution is 2.14. The van der Waals surface area contributed by atoms with Gasteiger partial charge in [0.05, 0.1) is 0 Å². The van der Waals surface area contributed by atoms with Crippen LogP contribution in [-0.4, -0.2) is 10.9 Å². The zero-order valence-corrected chi connectivity index (χ0v) is 11.2. The number of aromatic amines is 1. The Bertz CT molecular complexity index is 918. The largest absolute Gasteiger partial charge is 0.321 e. The number of H-pyrrole nitrogens is 1. The van der Waals surface area contributed by atoms with E-state index < -0.39 is 23.1 Å². The number of carbonyl (C=O) groups excluding carboxylic acids is 1. The first kappa shape index (κ1) is 13.9. The SMILES string of the molecule is O=C(Nc1ccc(F)cc1)c1cc2ccc(F)cc2c(=O)[nH]1. The van der Waals surface area contributed by atoms with Gasteiger partial charge in [-0.2, -0.15) is 0 Å². The third-order valence-electron chi connectivity index (χ3n) is 3.15. The first-order valence-corrected chi connectivity index (χ1v) is 6.42. The summed E-state index contributed by atoms with van der Waals surface area (Å²) in [5.74, 6) is -1.49. The molecule has 0 aliphatic heterocycles. The maximum Gasteiger partial charge on any atom is 0.272 e. The molecule has 22 heavy (non-hydrogen) atoms. The van der Waals surface area contributed by atoms with Crippen LogP contribution in [0.15, 0.2) is 53.3 Å². The second-order valence-corrected chi connectivity index (χ2v) is 4.70. The minimum Gasteiger partial charge on any atom is -0.321 e. The molecule has 0 radical (unpaired) electrons. The summed E-state index contributed by atoms with van der Waals surface area (Å²) in [6.45, 7) is 0. The van der Waals surface area contributed by atoms with Gasteiger partial charge >= 0.3 is 0 Å². The minimum atomic E-state index is -0.554. The van der Waals surface area contributed by atoms with Gasteiger partial charge in [0.2, 0.25) is 0 Å². The molecule has 0 atom stereocenters. The van der Waals surface area contributed by atoms with Gasteiger partial charge in [0.15, 0.2) is 0 Å². The molecule has 2 aromatic carbocycles. The second kappa shape index (κ2) is 5.40. The molecule has 1 amide bonds. The van der Waals surface area contributed by atoms with Crippen LogP contribution in [0, 0.1) is 11.6 Å². The van der Waals surface area contributed by atoms with E-state index in [9.17, 15) is 18.4 Å². The maximum atomic E-state index is 13.1. The molecule has 1 heterocycles. The fourth-order valence-electron chi connectivity index (χ4n) is 2.09. The number of pyridine rings is 1. The molecule has 110 valence electrons. The van der Waals surface area contributed by atoms with Crippen LogP contribution in [0.2, 0.25) is 0 Å². The lowest BCUT2D eigenvalue weighted by molar-refractivity contribution is 0.102. The zero-order chi connectivity index (χ0) is 15.7. The first-order valence-electron chi connectivity index (χ1n) is 6.42. The van der Waals surface area contributed by atoms with Gasteiger partial charge in [-0.15, -0.1) is 0 Å². The highest BCUT2D eigenvalue weighted by atomic mass is 19.1. The smallest absolute Gasteiger partial charge is 0.272 e. The van der Waals surface area contributed by atoms with E-state index in [2.05, 4.69) is 10.3 Å². The molecule has 0 fully saturated rings. The molecule has 3 aromatic rings. The molecule has 0 spiro atoms. The third kappa shape index (κ3) is 2.71. The maximum absolute atomic E-state index is 13.1. The number of hydrogen-bond donors (Lipinski definition) is 2. The summed E-state index contributed by atoms with van der Waals surface area (Å²) in [4.78, 5) is 26.4. The van der Waals surface area contributed by atoms with Gasteiger partial charge in [-0.05, 0) is 47.9 Å². The third-order valence-corrected chi connectivity index (χ3v) is 3.15. The Morgan fingerprint density at radius 1 is 0.955 bits per heavy atom. The van der Waals surface area contributed by atoms with Crippen molar-refractivity contribution in [1.29, 1.82) is 0 Å². The van der Waals surface area contributed by atoms with Crippen molar-refractivity contribution in [3.63, 3.8) is 0 Å². The number of nitrogens with one attached hydrogen (secondary N) is 2. The molecule has 0 aliphatic carbocycles. The summed E-state index contributed by atoms with van der Waals surface area (Å²) in [6.07, 6.45) is 0. The van der Waals surface area contributed by atoms with Gasteiger partial charge in [-0.1, -0.05) is 6.07 Å². The zero-order valence-electron chi connectivity index (χ0n) is 11.2. The molecule has 0 unspecified atom stereocenters. The number of rotatable bonds is 2. The van der Waals surface area contributed by atoms with E-state index in [0.29, 0.717) is 11.1 Å². The van der Waals surface area contributed by atoms with Crippen molar-refractivity contribution in [3.8, 4) is 0 Å². The summed E-state index contributed by atoms with van der Waals surface area (Å²) in [5, 5.41) is 3.16. The van der Waals surface area contributed by atoms with Crippen LogP contribution < -0.4 is 10.9 Å². The summed E-state index contributed by atoms with van der Waals surface area (Å²) < 4.78 is 25.9. The Hall–Kier alpha value is -3.02. The van der Waals surface area contributed by atoms with Crippen molar-refractivity contribution in [3.05, 3.63) is 76.2 Å². The van der Waals surface area contributed by atoms with Gasteiger partial charge in [-0.3, -0.25) is 9.59 Å². The Balaban J connectivity index is 1.96. The van der Waals surface area contributed by atoms with E-state index >= 15 is 0 Å². The number of amides is 1. The van der Waals surface area contributed by atoms with Crippen LogP contribution >= 0.6 is 0 Å². The Labute approximate surface area is 123 Å². The predicted octanol–water partition coefficient (Wildman–Crippen LogP) is 3.06. The van der Waals surface area contributed by atoms with Crippen molar-refractivity contribution in [2.45, 2.75) is 0 Å². The summed E-state index contributed by atoms with van der Waals surface area (Å²) in [5.41, 5.74) is -0.124. The molecule has 6 heteroatoms. The molecular formula is C16H10F2N2O2. The van der Waals surface area contributed by atoms with Gasteiger partial charge in [-0.25, -0.2) is 8.78 Å². The number of halogens is 2. The summed E-state index contributed by atoms with van der Waals surface area (Å²) in [7, 11) is 0. The normalized spacial score (nSPS) is 10.6. The van der Waals surface area contributed by atoms with Crippen molar-refractivity contribution in [2.75, 3.05) is 5.32 Å². The number of aromatic nitrogens is 1. The Morgan fingerprint density at radius 2 is 1.64 bits per heavy atom. The fourth-order valence-corrected chi connectivity index (χ4v) is 2.09. The number of hydrogen-bond acceptors (Lipinski definition) is 2. The van der Waals surface area contributed by atoms with Crippen LogP contribution in [0.25, 0.3) is 10.8 Å². The number of benzene rings is 2. The Kier molecular flexibility index (Phi) is 3.42. The molecule has 0 saturated carbocycles. The molecule has 1 aromatic heterocycles. The predicted molar refractivity (Wildman–Crippen MR) is 78.9 cm³/mol. The van der Waals surface area contributed by atoms with Gasteiger partial charge < -0.3 is 10.3 Å². The van der Waals surface area contributed by atoms with E-state index in [1.807, 2.05) is 0 Å². The quantitative estimate of drug-likeness (QED) is 0.764. The fraction of sp³-hybridized carbons (Fsp3) is 0. The lowest BCUT2D eigenvalue weighted by Crippen LogP contribution is -2.19. The van der Waals surface area contributed by atoms with Crippen LogP contribution in [-0.2, 0) is 0 Å². The summed E-state index contributed by atoms with van der Waals surface area (Å²) in [6, 6.07) is 10.4. The monoisotopic (exact) mass is 300 g/mol. The summed E-state index contributed by atoms with van der Waals surface area (Å²) >= 11 is 0. The second-order valence-electron chi connectivity index (χ2n) is 4.70. The van der Waals surface area contributed by atoms with Gasteiger partial charge in [0.25, 0.3) is 11.5 Å². The van der Waals surface area contributed by atoms with Crippen LogP contribution in [0.5, 0.6) is 0 Å². The molecule has 4 nitrogen and oxygen atoms in total. The van der Waals surface area contributed by atoms with E-state index in [4.69, 9.17) is 0 Å². The van der Waals surface area contributed by atoms with Crippen LogP contribution in [0.1, 0.15) is 10.5 Å². The van der Waals surface area contributed by atoms with E-state index in [0.717, 1.165) is 6.07 Å². The Morgan fingerprint density at radius 3 is 2.36 bits per heavy atom. The number of fused-ring (bicyclic) bond motifs is 1. The van der Waals surface area contributed by atoms with Crippen molar-refractivity contribution >= 4 is 22.4 Å². The molecular weight excluding hydrogens is 290 g/mol. The standard InChI is InChI=1S/C16H10F2N2O2/c17-10-3-5-12(6-4-10)19-16(22)14-7-9-1-2-11(18)8-13(9)15(21)20-14/h1-8H,(H,19,22)(H,20,21). The lowest BCUT2D eigenvalue weighted by Gasteiger charge is -2.06. The lowest BCUT2D eigenvalue weighted by atomic mass is 10.1.